The van der Waals surface area contributed by atoms with Gasteiger partial charge in [-0.25, -0.2) is 0 Å². The number of rotatable bonds is 4. The fourth-order valence-corrected chi connectivity index (χ4v) is 3.30. The van der Waals surface area contributed by atoms with Crippen molar-refractivity contribution in [2.75, 3.05) is 0 Å². The standard InChI is InChI=1S/C15H20Cl2N2O/c1-15(14(18)20,19-11-5-3-2-4-6-11)12-9-10(16)7-8-13(12)17/h7-9,11,19H,2-6H2,1H3,(H2,18,20). The number of nitrogens with two attached hydrogens (primary N) is 1. The monoisotopic (exact) mass is 314 g/mol. The molecule has 20 heavy (non-hydrogen) atoms. The molecular formula is C15H20Cl2N2O. The molecule has 0 saturated heterocycles. The molecule has 3 nitrogen and oxygen atoms in total. The summed E-state index contributed by atoms with van der Waals surface area (Å²) in [4.78, 5) is 12.0. The Balaban J connectivity index is 2.32. The molecule has 1 saturated carbocycles. The first-order chi connectivity index (χ1) is 9.43. The Morgan fingerprint density at radius 2 is 1.95 bits per heavy atom. The topological polar surface area (TPSA) is 55.1 Å². The molecule has 0 bridgehead atoms. The first-order valence-corrected chi connectivity index (χ1v) is 7.72. The van der Waals surface area contributed by atoms with Crippen molar-refractivity contribution in [2.24, 2.45) is 5.73 Å². The van der Waals surface area contributed by atoms with E-state index in [0.717, 1.165) is 12.8 Å². The number of carbonyl (C=O) groups is 1. The maximum atomic E-state index is 12.0. The zero-order chi connectivity index (χ0) is 14.8. The summed E-state index contributed by atoms with van der Waals surface area (Å²) in [6, 6.07) is 5.40. The number of hydrogen-bond acceptors (Lipinski definition) is 2. The van der Waals surface area contributed by atoms with Crippen molar-refractivity contribution in [3.8, 4) is 0 Å². The minimum absolute atomic E-state index is 0.288. The number of halogens is 2. The van der Waals surface area contributed by atoms with Crippen molar-refractivity contribution < 1.29 is 4.79 Å². The molecular weight excluding hydrogens is 295 g/mol. The summed E-state index contributed by atoms with van der Waals surface area (Å²) in [6.07, 6.45) is 5.72. The molecule has 5 heteroatoms. The Labute approximate surface area is 129 Å². The molecule has 1 aromatic rings. The molecule has 110 valence electrons. The third kappa shape index (κ3) is 3.27. The summed E-state index contributed by atoms with van der Waals surface area (Å²) in [5.74, 6) is -0.438. The number of hydrogen-bond donors (Lipinski definition) is 2. The van der Waals surface area contributed by atoms with E-state index < -0.39 is 11.4 Å². The second-order valence-electron chi connectivity index (χ2n) is 5.59. The van der Waals surface area contributed by atoms with Gasteiger partial charge in [0.15, 0.2) is 0 Å². The van der Waals surface area contributed by atoms with E-state index in [1.807, 2.05) is 0 Å². The summed E-state index contributed by atoms with van der Waals surface area (Å²) in [5.41, 5.74) is 5.28. The van der Waals surface area contributed by atoms with Crippen LogP contribution < -0.4 is 11.1 Å². The number of benzene rings is 1. The summed E-state index contributed by atoms with van der Waals surface area (Å²) in [6.45, 7) is 1.78. The highest BCUT2D eigenvalue weighted by Crippen LogP contribution is 2.32. The van der Waals surface area contributed by atoms with Gasteiger partial charge >= 0.3 is 0 Å². The third-order valence-electron chi connectivity index (χ3n) is 4.06. The second kappa shape index (κ2) is 6.33. The first-order valence-electron chi connectivity index (χ1n) is 6.96. The zero-order valence-electron chi connectivity index (χ0n) is 11.6. The van der Waals surface area contributed by atoms with Crippen LogP contribution in [0.5, 0.6) is 0 Å². The highest BCUT2D eigenvalue weighted by molar-refractivity contribution is 6.34. The van der Waals surface area contributed by atoms with Gasteiger partial charge in [-0.2, -0.15) is 0 Å². The molecule has 1 aromatic carbocycles. The van der Waals surface area contributed by atoms with Crippen LogP contribution in [0.15, 0.2) is 18.2 Å². The van der Waals surface area contributed by atoms with Crippen molar-refractivity contribution in [3.05, 3.63) is 33.8 Å². The van der Waals surface area contributed by atoms with E-state index in [1.54, 1.807) is 25.1 Å². The van der Waals surface area contributed by atoms with E-state index in [1.165, 1.54) is 19.3 Å². The van der Waals surface area contributed by atoms with Crippen molar-refractivity contribution in [1.29, 1.82) is 0 Å². The Bertz CT molecular complexity index is 501. The van der Waals surface area contributed by atoms with Crippen LogP contribution in [-0.4, -0.2) is 11.9 Å². The van der Waals surface area contributed by atoms with Crippen LogP contribution >= 0.6 is 23.2 Å². The van der Waals surface area contributed by atoms with Crippen molar-refractivity contribution in [3.63, 3.8) is 0 Å². The van der Waals surface area contributed by atoms with Gasteiger partial charge in [0.1, 0.15) is 5.54 Å². The number of primary amides is 1. The Kier molecular flexibility index (Phi) is 4.95. The average Bonchev–Trinajstić information content (AvgIpc) is 2.42. The summed E-state index contributed by atoms with van der Waals surface area (Å²) in [7, 11) is 0. The average molecular weight is 315 g/mol. The van der Waals surface area contributed by atoms with Crippen molar-refractivity contribution in [1.82, 2.24) is 5.32 Å². The zero-order valence-corrected chi connectivity index (χ0v) is 13.1. The summed E-state index contributed by atoms with van der Waals surface area (Å²) >= 11 is 12.3. The van der Waals surface area contributed by atoms with Gasteiger partial charge < -0.3 is 5.73 Å². The lowest BCUT2D eigenvalue weighted by Gasteiger charge is -2.35. The summed E-state index contributed by atoms with van der Waals surface area (Å²) in [5, 5.41) is 4.44. The molecule has 1 unspecified atom stereocenters. The largest absolute Gasteiger partial charge is 0.368 e. The van der Waals surface area contributed by atoms with E-state index in [4.69, 9.17) is 28.9 Å². The maximum absolute atomic E-state index is 12.0. The molecule has 1 aliphatic rings. The van der Waals surface area contributed by atoms with Crippen LogP contribution in [0.1, 0.15) is 44.6 Å². The smallest absolute Gasteiger partial charge is 0.242 e. The SMILES string of the molecule is CC(NC1CCCCC1)(C(N)=O)c1cc(Cl)ccc1Cl. The molecule has 0 aliphatic heterocycles. The molecule has 3 N–H and O–H groups in total. The van der Waals surface area contributed by atoms with Gasteiger partial charge in [-0.05, 0) is 38.0 Å². The van der Waals surface area contributed by atoms with Gasteiger partial charge in [-0.15, -0.1) is 0 Å². The normalized spacial score (nSPS) is 19.6. The fraction of sp³-hybridized carbons (Fsp3) is 0.533. The molecule has 0 heterocycles. The van der Waals surface area contributed by atoms with Gasteiger partial charge in [-0.3, -0.25) is 10.1 Å². The molecule has 1 atom stereocenters. The number of carbonyl (C=O) groups excluding carboxylic acids is 1. The lowest BCUT2D eigenvalue weighted by molar-refractivity contribution is -0.124. The molecule has 1 aliphatic carbocycles. The first kappa shape index (κ1) is 15.6. The van der Waals surface area contributed by atoms with Gasteiger partial charge in [0.25, 0.3) is 0 Å². The number of amides is 1. The Morgan fingerprint density at radius 3 is 2.55 bits per heavy atom. The fourth-order valence-electron chi connectivity index (χ4n) is 2.82. The van der Waals surface area contributed by atoms with Crippen LogP contribution in [0, 0.1) is 0 Å². The lowest BCUT2D eigenvalue weighted by atomic mass is 9.87. The van der Waals surface area contributed by atoms with E-state index in [2.05, 4.69) is 5.32 Å². The second-order valence-corrected chi connectivity index (χ2v) is 6.44. The van der Waals surface area contributed by atoms with Gasteiger partial charge in [0, 0.05) is 21.7 Å². The van der Waals surface area contributed by atoms with E-state index in [0.29, 0.717) is 15.6 Å². The van der Waals surface area contributed by atoms with Crippen LogP contribution in [0.4, 0.5) is 0 Å². The van der Waals surface area contributed by atoms with Crippen LogP contribution in [0.25, 0.3) is 0 Å². The van der Waals surface area contributed by atoms with Gasteiger partial charge in [0.05, 0.1) is 0 Å². The lowest BCUT2D eigenvalue weighted by Crippen LogP contribution is -2.54. The van der Waals surface area contributed by atoms with Crippen molar-refractivity contribution in [2.45, 2.75) is 50.6 Å². The molecule has 0 radical (unpaired) electrons. The minimum atomic E-state index is -0.996. The van der Waals surface area contributed by atoms with Crippen LogP contribution in [0.2, 0.25) is 10.0 Å². The quantitative estimate of drug-likeness (QED) is 0.891. The molecule has 1 amide bonds. The van der Waals surface area contributed by atoms with Gasteiger partial charge in [-0.1, -0.05) is 42.5 Å². The van der Waals surface area contributed by atoms with Crippen molar-refractivity contribution >= 4 is 29.1 Å². The van der Waals surface area contributed by atoms with E-state index in [9.17, 15) is 4.79 Å². The highest BCUT2D eigenvalue weighted by atomic mass is 35.5. The van der Waals surface area contributed by atoms with Crippen LogP contribution in [0.3, 0.4) is 0 Å². The molecule has 0 spiro atoms. The van der Waals surface area contributed by atoms with E-state index in [-0.39, 0.29) is 6.04 Å². The van der Waals surface area contributed by atoms with Crippen LogP contribution in [-0.2, 0) is 10.3 Å². The Hall–Kier alpha value is -0.770. The van der Waals surface area contributed by atoms with E-state index >= 15 is 0 Å². The Morgan fingerprint density at radius 1 is 1.30 bits per heavy atom. The third-order valence-corrected chi connectivity index (χ3v) is 4.62. The summed E-state index contributed by atoms with van der Waals surface area (Å²) < 4.78 is 0. The highest BCUT2D eigenvalue weighted by Gasteiger charge is 2.37. The van der Waals surface area contributed by atoms with Gasteiger partial charge in [0.2, 0.25) is 5.91 Å². The number of nitrogens with one attached hydrogen (secondary N) is 1. The molecule has 0 aromatic heterocycles. The maximum Gasteiger partial charge on any atom is 0.242 e. The minimum Gasteiger partial charge on any atom is -0.368 e. The molecule has 1 fully saturated rings. The predicted octanol–water partition coefficient (Wildman–Crippen LogP) is 3.62. The molecule has 2 rings (SSSR count). The predicted molar refractivity (Wildman–Crippen MR) is 83.0 cm³/mol.